The van der Waals surface area contributed by atoms with Gasteiger partial charge in [0.2, 0.25) is 0 Å². The van der Waals surface area contributed by atoms with E-state index >= 15 is 0 Å². The zero-order valence-electron chi connectivity index (χ0n) is 8.73. The van der Waals surface area contributed by atoms with E-state index in [0.717, 1.165) is 19.3 Å². The molecule has 0 saturated heterocycles. The molecule has 0 aliphatic heterocycles. The highest BCUT2D eigenvalue weighted by atomic mass is 16.2. The van der Waals surface area contributed by atoms with Crippen molar-refractivity contribution in [3.8, 4) is 0 Å². The van der Waals surface area contributed by atoms with Crippen molar-refractivity contribution in [1.29, 1.82) is 5.41 Å². The number of hydrogen-bond donors (Lipinski definition) is 4. The van der Waals surface area contributed by atoms with Crippen LogP contribution in [0.2, 0.25) is 0 Å². The first-order valence-electron chi connectivity index (χ1n) is 5.01. The topological polar surface area (TPSA) is 91.0 Å². The molecule has 0 saturated carbocycles. The molecule has 5 nitrogen and oxygen atoms in total. The van der Waals surface area contributed by atoms with Gasteiger partial charge in [-0.05, 0) is 19.3 Å². The molecule has 82 valence electrons. The maximum Gasteiger partial charge on any atom is 0.314 e. The summed E-state index contributed by atoms with van der Waals surface area (Å²) in [5, 5.41) is 12.4. The monoisotopic (exact) mass is 200 g/mol. The number of unbranched alkanes of at least 4 members (excludes halogenated alkanes) is 1. The van der Waals surface area contributed by atoms with Crippen LogP contribution in [0.1, 0.15) is 32.6 Å². The highest BCUT2D eigenvalue weighted by Gasteiger charge is 1.97. The quantitative estimate of drug-likeness (QED) is 0.278. The van der Waals surface area contributed by atoms with Crippen molar-refractivity contribution in [2.24, 2.45) is 5.73 Å². The number of nitrogens with one attached hydrogen (secondary N) is 3. The molecule has 0 radical (unpaired) electrons. The predicted octanol–water partition coefficient (Wildman–Crippen LogP) is 0.802. The molecule has 5 N–H and O–H groups in total. The second-order valence-corrected chi connectivity index (χ2v) is 3.17. The lowest BCUT2D eigenvalue weighted by atomic mass is 10.2. The van der Waals surface area contributed by atoms with Crippen molar-refractivity contribution < 1.29 is 4.79 Å². The lowest BCUT2D eigenvalue weighted by Gasteiger charge is -2.05. The second kappa shape index (κ2) is 8.34. The van der Waals surface area contributed by atoms with E-state index < -0.39 is 0 Å². The summed E-state index contributed by atoms with van der Waals surface area (Å²) in [4.78, 5) is 11.0. The van der Waals surface area contributed by atoms with Crippen LogP contribution in [0.15, 0.2) is 0 Å². The van der Waals surface area contributed by atoms with Crippen molar-refractivity contribution in [2.75, 3.05) is 13.1 Å². The van der Waals surface area contributed by atoms with E-state index in [1.165, 1.54) is 0 Å². The van der Waals surface area contributed by atoms with Gasteiger partial charge in [-0.2, -0.15) is 0 Å². The standard InChI is InChI=1S/C9H20N4O/c1-2-6-12-9(14)13-7-4-3-5-8(10)11/h2-7H2,1H3,(H3,10,11)(H2,12,13,14). The van der Waals surface area contributed by atoms with E-state index in [-0.39, 0.29) is 11.9 Å². The van der Waals surface area contributed by atoms with Gasteiger partial charge >= 0.3 is 6.03 Å². The highest BCUT2D eigenvalue weighted by Crippen LogP contribution is 1.92. The van der Waals surface area contributed by atoms with Crippen LogP contribution in [0.4, 0.5) is 4.79 Å². The van der Waals surface area contributed by atoms with Crippen molar-refractivity contribution in [2.45, 2.75) is 32.6 Å². The molecule has 0 spiro atoms. The molecule has 0 aliphatic carbocycles. The van der Waals surface area contributed by atoms with Gasteiger partial charge in [-0.3, -0.25) is 5.41 Å². The van der Waals surface area contributed by atoms with E-state index in [9.17, 15) is 4.79 Å². The Kier molecular flexibility index (Phi) is 7.59. The van der Waals surface area contributed by atoms with Crippen LogP contribution in [0.25, 0.3) is 0 Å². The SMILES string of the molecule is CCCNC(=O)NCCCCC(=N)N. The van der Waals surface area contributed by atoms with E-state index in [1.54, 1.807) is 0 Å². The number of carbonyl (C=O) groups is 1. The summed E-state index contributed by atoms with van der Waals surface area (Å²) in [6.07, 6.45) is 3.26. The number of urea groups is 1. The lowest BCUT2D eigenvalue weighted by molar-refractivity contribution is 0.240. The molecule has 0 heterocycles. The second-order valence-electron chi connectivity index (χ2n) is 3.17. The van der Waals surface area contributed by atoms with Gasteiger partial charge in [-0.1, -0.05) is 6.92 Å². The molecule has 0 atom stereocenters. The summed E-state index contributed by atoms with van der Waals surface area (Å²) >= 11 is 0. The Labute approximate surface area is 84.9 Å². The van der Waals surface area contributed by atoms with Gasteiger partial charge in [-0.15, -0.1) is 0 Å². The van der Waals surface area contributed by atoms with Crippen LogP contribution in [0.3, 0.4) is 0 Å². The first-order chi connectivity index (χ1) is 6.66. The summed E-state index contributed by atoms with van der Waals surface area (Å²) < 4.78 is 0. The average Bonchev–Trinajstić information content (AvgIpc) is 2.13. The van der Waals surface area contributed by atoms with Gasteiger partial charge in [-0.25, -0.2) is 4.79 Å². The molecule has 0 aromatic carbocycles. The maximum atomic E-state index is 11.0. The molecule has 0 unspecified atom stereocenters. The Morgan fingerprint density at radius 3 is 2.50 bits per heavy atom. The molecule has 2 amide bonds. The number of nitrogens with two attached hydrogens (primary N) is 1. The first-order valence-corrected chi connectivity index (χ1v) is 5.01. The minimum atomic E-state index is -0.116. The van der Waals surface area contributed by atoms with E-state index in [2.05, 4.69) is 10.6 Å². The van der Waals surface area contributed by atoms with E-state index in [1.807, 2.05) is 6.92 Å². The fourth-order valence-corrected chi connectivity index (χ4v) is 0.943. The Balaban J connectivity index is 3.19. The van der Waals surface area contributed by atoms with Crippen molar-refractivity contribution >= 4 is 11.9 Å². The molecule has 0 fully saturated rings. The minimum absolute atomic E-state index is 0.116. The molecular formula is C9H20N4O. The molecule has 5 heteroatoms. The number of rotatable bonds is 7. The molecule has 0 bridgehead atoms. The van der Waals surface area contributed by atoms with Crippen LogP contribution < -0.4 is 16.4 Å². The molecule has 0 aliphatic rings. The van der Waals surface area contributed by atoms with Crippen LogP contribution in [-0.2, 0) is 0 Å². The molecule has 14 heavy (non-hydrogen) atoms. The Hall–Kier alpha value is -1.26. The van der Waals surface area contributed by atoms with Gasteiger partial charge in [0.05, 0.1) is 5.84 Å². The first kappa shape index (κ1) is 12.7. The number of hydrogen-bond acceptors (Lipinski definition) is 2. The average molecular weight is 200 g/mol. The van der Waals surface area contributed by atoms with Gasteiger partial charge in [0.15, 0.2) is 0 Å². The Bertz CT molecular complexity index is 182. The highest BCUT2D eigenvalue weighted by molar-refractivity contribution is 5.76. The van der Waals surface area contributed by atoms with Crippen LogP contribution in [0.5, 0.6) is 0 Å². The van der Waals surface area contributed by atoms with E-state index in [4.69, 9.17) is 11.1 Å². The van der Waals surface area contributed by atoms with Crippen molar-refractivity contribution in [1.82, 2.24) is 10.6 Å². The number of carbonyl (C=O) groups excluding carboxylic acids is 1. The fraction of sp³-hybridized carbons (Fsp3) is 0.778. The summed E-state index contributed by atoms with van der Waals surface area (Å²) in [5.41, 5.74) is 5.18. The molecule has 0 rings (SSSR count). The third kappa shape index (κ3) is 8.83. The summed E-state index contributed by atoms with van der Waals surface area (Å²) in [6.45, 7) is 3.36. The van der Waals surface area contributed by atoms with Gasteiger partial charge < -0.3 is 16.4 Å². The normalized spacial score (nSPS) is 9.50. The maximum absolute atomic E-state index is 11.0. The molecule has 0 aromatic rings. The Morgan fingerprint density at radius 1 is 1.29 bits per heavy atom. The third-order valence-corrected chi connectivity index (χ3v) is 1.69. The molecule has 0 aromatic heterocycles. The van der Waals surface area contributed by atoms with Crippen LogP contribution in [0, 0.1) is 5.41 Å². The Morgan fingerprint density at radius 2 is 1.93 bits per heavy atom. The predicted molar refractivity (Wildman–Crippen MR) is 57.5 cm³/mol. The third-order valence-electron chi connectivity index (χ3n) is 1.69. The van der Waals surface area contributed by atoms with Crippen LogP contribution >= 0.6 is 0 Å². The zero-order chi connectivity index (χ0) is 10.8. The fourth-order valence-electron chi connectivity index (χ4n) is 0.943. The van der Waals surface area contributed by atoms with Crippen molar-refractivity contribution in [3.63, 3.8) is 0 Å². The van der Waals surface area contributed by atoms with Gasteiger partial charge in [0.1, 0.15) is 0 Å². The van der Waals surface area contributed by atoms with Gasteiger partial charge in [0.25, 0.3) is 0 Å². The molecular weight excluding hydrogens is 180 g/mol. The summed E-state index contributed by atoms with van der Waals surface area (Å²) in [5.74, 6) is 0.209. The van der Waals surface area contributed by atoms with Crippen molar-refractivity contribution in [3.05, 3.63) is 0 Å². The van der Waals surface area contributed by atoms with Crippen LogP contribution in [-0.4, -0.2) is 25.0 Å². The lowest BCUT2D eigenvalue weighted by Crippen LogP contribution is -2.36. The van der Waals surface area contributed by atoms with E-state index in [0.29, 0.717) is 19.5 Å². The zero-order valence-corrected chi connectivity index (χ0v) is 8.73. The van der Waals surface area contributed by atoms with Gasteiger partial charge in [0, 0.05) is 19.5 Å². The minimum Gasteiger partial charge on any atom is -0.388 e. The summed E-state index contributed by atoms with van der Waals surface area (Å²) in [7, 11) is 0. The summed E-state index contributed by atoms with van der Waals surface area (Å²) in [6, 6.07) is -0.116. The number of amides is 2. The largest absolute Gasteiger partial charge is 0.388 e. The smallest absolute Gasteiger partial charge is 0.314 e. The number of amidine groups is 1.